The minimum Gasteiger partial charge on any atom is -0.493 e. The summed E-state index contributed by atoms with van der Waals surface area (Å²) in [4.78, 5) is 14.6. The number of aromatic amines is 1. The molecule has 0 fully saturated rings. The molecule has 0 aliphatic heterocycles. The summed E-state index contributed by atoms with van der Waals surface area (Å²) in [6.45, 7) is 1.96. The van der Waals surface area contributed by atoms with Crippen LogP contribution in [0.2, 0.25) is 0 Å². The SMILES string of the molecule is CCOc1ccc(S(=O)(=O)Nc2ncn[nH]2)cc1C(=O)O. The highest BCUT2D eigenvalue weighted by atomic mass is 32.2. The van der Waals surface area contributed by atoms with Gasteiger partial charge in [0.2, 0.25) is 5.95 Å². The van der Waals surface area contributed by atoms with Gasteiger partial charge in [0.15, 0.2) is 0 Å². The number of nitrogens with one attached hydrogen (secondary N) is 2. The van der Waals surface area contributed by atoms with Crippen LogP contribution in [0.3, 0.4) is 0 Å². The maximum atomic E-state index is 12.1. The number of rotatable bonds is 6. The van der Waals surface area contributed by atoms with Gasteiger partial charge in [0, 0.05) is 0 Å². The molecule has 10 heteroatoms. The van der Waals surface area contributed by atoms with Crippen molar-refractivity contribution in [2.24, 2.45) is 0 Å². The molecule has 0 saturated carbocycles. The Kier molecular flexibility index (Phi) is 4.08. The van der Waals surface area contributed by atoms with E-state index in [9.17, 15) is 13.2 Å². The Morgan fingerprint density at radius 1 is 1.48 bits per heavy atom. The van der Waals surface area contributed by atoms with E-state index in [0.29, 0.717) is 0 Å². The van der Waals surface area contributed by atoms with Gasteiger partial charge in [0.1, 0.15) is 17.6 Å². The number of hydrogen-bond acceptors (Lipinski definition) is 6. The van der Waals surface area contributed by atoms with E-state index in [2.05, 4.69) is 19.9 Å². The molecule has 0 aliphatic rings. The van der Waals surface area contributed by atoms with E-state index in [1.165, 1.54) is 12.1 Å². The van der Waals surface area contributed by atoms with Gasteiger partial charge in [-0.3, -0.25) is 0 Å². The second kappa shape index (κ2) is 5.79. The van der Waals surface area contributed by atoms with E-state index >= 15 is 0 Å². The molecule has 0 spiro atoms. The van der Waals surface area contributed by atoms with E-state index in [-0.39, 0.29) is 28.8 Å². The number of hydrogen-bond donors (Lipinski definition) is 3. The van der Waals surface area contributed by atoms with Crippen molar-refractivity contribution in [1.29, 1.82) is 0 Å². The number of carboxylic acids is 1. The Hall–Kier alpha value is -2.62. The molecule has 2 rings (SSSR count). The van der Waals surface area contributed by atoms with E-state index in [1.807, 2.05) is 0 Å². The van der Waals surface area contributed by atoms with Gasteiger partial charge in [0.05, 0.1) is 11.5 Å². The number of carbonyl (C=O) groups is 1. The van der Waals surface area contributed by atoms with E-state index in [4.69, 9.17) is 9.84 Å². The van der Waals surface area contributed by atoms with Crippen molar-refractivity contribution in [2.75, 3.05) is 11.3 Å². The van der Waals surface area contributed by atoms with Crippen molar-refractivity contribution in [3.05, 3.63) is 30.1 Å². The summed E-state index contributed by atoms with van der Waals surface area (Å²) in [6, 6.07) is 3.56. The molecule has 0 bridgehead atoms. The fourth-order valence-corrected chi connectivity index (χ4v) is 2.56. The van der Waals surface area contributed by atoms with Gasteiger partial charge in [-0.05, 0) is 25.1 Å². The maximum absolute atomic E-state index is 12.1. The van der Waals surface area contributed by atoms with Gasteiger partial charge in [0.25, 0.3) is 10.0 Å². The molecule has 1 aromatic heterocycles. The molecule has 0 radical (unpaired) electrons. The number of anilines is 1. The summed E-state index contributed by atoms with van der Waals surface area (Å²) >= 11 is 0. The Balaban J connectivity index is 2.39. The predicted octanol–water partition coefficient (Wildman–Crippen LogP) is 0.702. The second-order valence-electron chi connectivity index (χ2n) is 3.84. The minimum atomic E-state index is -3.97. The van der Waals surface area contributed by atoms with Crippen LogP contribution in [0.1, 0.15) is 17.3 Å². The minimum absolute atomic E-state index is 0.0687. The molecule has 9 nitrogen and oxygen atoms in total. The van der Waals surface area contributed by atoms with E-state index in [1.54, 1.807) is 6.92 Å². The molecular formula is C11H12N4O5S. The van der Waals surface area contributed by atoms with Gasteiger partial charge in [-0.1, -0.05) is 0 Å². The highest BCUT2D eigenvalue weighted by molar-refractivity contribution is 7.92. The smallest absolute Gasteiger partial charge is 0.339 e. The molecule has 0 amide bonds. The zero-order valence-corrected chi connectivity index (χ0v) is 11.7. The molecule has 1 heterocycles. The van der Waals surface area contributed by atoms with Gasteiger partial charge in [-0.15, -0.1) is 0 Å². The van der Waals surface area contributed by atoms with Gasteiger partial charge >= 0.3 is 5.97 Å². The van der Waals surface area contributed by atoms with Crippen molar-refractivity contribution < 1.29 is 23.1 Å². The number of aromatic carboxylic acids is 1. The van der Waals surface area contributed by atoms with Crippen LogP contribution in [0.5, 0.6) is 5.75 Å². The Morgan fingerprint density at radius 2 is 2.24 bits per heavy atom. The quantitative estimate of drug-likeness (QED) is 0.714. The monoisotopic (exact) mass is 312 g/mol. The number of nitrogens with zero attached hydrogens (tertiary/aromatic N) is 2. The summed E-state index contributed by atoms with van der Waals surface area (Å²) in [5.74, 6) is -1.25. The summed E-state index contributed by atoms with van der Waals surface area (Å²) in [7, 11) is -3.97. The first-order valence-corrected chi connectivity index (χ1v) is 7.30. The molecule has 21 heavy (non-hydrogen) atoms. The fraction of sp³-hybridized carbons (Fsp3) is 0.182. The van der Waals surface area contributed by atoms with Crippen molar-refractivity contribution in [3.8, 4) is 5.75 Å². The van der Waals surface area contributed by atoms with E-state index in [0.717, 1.165) is 12.4 Å². The number of ether oxygens (including phenoxy) is 1. The largest absolute Gasteiger partial charge is 0.493 e. The van der Waals surface area contributed by atoms with Crippen molar-refractivity contribution in [2.45, 2.75) is 11.8 Å². The van der Waals surface area contributed by atoms with Crippen molar-refractivity contribution in [3.63, 3.8) is 0 Å². The van der Waals surface area contributed by atoms with Crippen LogP contribution in [0.25, 0.3) is 0 Å². The zero-order valence-electron chi connectivity index (χ0n) is 10.9. The molecule has 0 unspecified atom stereocenters. The van der Waals surface area contributed by atoms with Gasteiger partial charge < -0.3 is 9.84 Å². The number of carboxylic acid groups (broad SMARTS) is 1. The normalized spacial score (nSPS) is 11.1. The third-order valence-electron chi connectivity index (χ3n) is 2.44. The third-order valence-corrected chi connectivity index (χ3v) is 3.77. The molecule has 1 aromatic carbocycles. The number of H-pyrrole nitrogens is 1. The second-order valence-corrected chi connectivity index (χ2v) is 5.52. The number of benzene rings is 1. The van der Waals surface area contributed by atoms with Crippen LogP contribution in [0.4, 0.5) is 5.95 Å². The van der Waals surface area contributed by atoms with Crippen LogP contribution in [0, 0.1) is 0 Å². The predicted molar refractivity (Wildman–Crippen MR) is 71.8 cm³/mol. The standard InChI is InChI=1S/C11H12N4O5S/c1-2-20-9-4-3-7(5-8(9)10(16)17)21(18,19)15-11-12-6-13-14-11/h3-6H,2H2,1H3,(H,16,17)(H2,12,13,14,15). The molecule has 0 aliphatic carbocycles. The lowest BCUT2D eigenvalue weighted by Crippen LogP contribution is -2.15. The lowest BCUT2D eigenvalue weighted by molar-refractivity contribution is 0.0692. The lowest BCUT2D eigenvalue weighted by atomic mass is 10.2. The average Bonchev–Trinajstić information content (AvgIpc) is 2.91. The Bertz CT molecular complexity index is 742. The highest BCUT2D eigenvalue weighted by Crippen LogP contribution is 2.23. The lowest BCUT2D eigenvalue weighted by Gasteiger charge is -2.10. The molecule has 0 saturated heterocycles. The third kappa shape index (κ3) is 3.28. The summed E-state index contributed by atoms with van der Waals surface area (Å²) in [5, 5.41) is 15.0. The zero-order chi connectivity index (χ0) is 15.5. The number of aromatic nitrogens is 3. The van der Waals surface area contributed by atoms with Crippen LogP contribution in [-0.2, 0) is 10.0 Å². The Labute approximate surface area is 120 Å². The molecule has 3 N–H and O–H groups in total. The fourth-order valence-electron chi connectivity index (χ4n) is 1.57. The molecule has 112 valence electrons. The van der Waals surface area contributed by atoms with Crippen LogP contribution < -0.4 is 9.46 Å². The summed E-state index contributed by atoms with van der Waals surface area (Å²) in [5.41, 5.74) is -0.239. The van der Waals surface area contributed by atoms with Crippen molar-refractivity contribution in [1.82, 2.24) is 15.2 Å². The first-order chi connectivity index (χ1) is 9.94. The van der Waals surface area contributed by atoms with E-state index < -0.39 is 16.0 Å². The summed E-state index contributed by atoms with van der Waals surface area (Å²) < 4.78 is 31.5. The summed E-state index contributed by atoms with van der Waals surface area (Å²) in [6.07, 6.45) is 1.14. The van der Waals surface area contributed by atoms with Gasteiger partial charge in [-0.25, -0.2) is 23.0 Å². The maximum Gasteiger partial charge on any atom is 0.339 e. The van der Waals surface area contributed by atoms with Crippen molar-refractivity contribution >= 4 is 21.9 Å². The highest BCUT2D eigenvalue weighted by Gasteiger charge is 2.20. The van der Waals surface area contributed by atoms with Crippen LogP contribution in [-0.4, -0.2) is 41.3 Å². The number of sulfonamides is 1. The van der Waals surface area contributed by atoms with Crippen LogP contribution in [0.15, 0.2) is 29.4 Å². The topological polar surface area (TPSA) is 134 Å². The van der Waals surface area contributed by atoms with Gasteiger partial charge in [-0.2, -0.15) is 10.1 Å². The first kappa shape index (κ1) is 14.8. The molecular weight excluding hydrogens is 300 g/mol. The average molecular weight is 312 g/mol. The first-order valence-electron chi connectivity index (χ1n) is 5.82. The molecule has 0 atom stereocenters. The molecule has 2 aromatic rings. The Morgan fingerprint density at radius 3 is 2.81 bits per heavy atom. The van der Waals surface area contributed by atoms with Crippen LogP contribution >= 0.6 is 0 Å².